The molecule has 3 rings (SSSR count). The molecule has 1 unspecified atom stereocenters. The highest BCUT2D eigenvalue weighted by molar-refractivity contribution is 6.11. The van der Waals surface area contributed by atoms with Crippen LogP contribution in [0.2, 0.25) is 0 Å². The van der Waals surface area contributed by atoms with Crippen molar-refractivity contribution in [1.29, 1.82) is 0 Å². The fourth-order valence-electron chi connectivity index (χ4n) is 4.13. The minimum absolute atomic E-state index is 0. The highest BCUT2D eigenvalue weighted by Crippen LogP contribution is 2.39. The molecule has 2 aromatic rings. The molecule has 2 aromatic carbocycles. The summed E-state index contributed by atoms with van der Waals surface area (Å²) >= 11 is 0. The summed E-state index contributed by atoms with van der Waals surface area (Å²) in [6.45, 7) is 2.64. The van der Waals surface area contributed by atoms with Crippen molar-refractivity contribution in [2.24, 2.45) is 0 Å². The van der Waals surface area contributed by atoms with Crippen molar-refractivity contribution in [3.8, 4) is 23.0 Å². The Morgan fingerprint density at radius 2 is 1.60 bits per heavy atom. The first-order valence-corrected chi connectivity index (χ1v) is 11.0. The molecule has 0 saturated carbocycles. The number of nitrogens with one attached hydrogen (secondary N) is 1. The molecule has 0 bridgehead atoms. The van der Waals surface area contributed by atoms with Gasteiger partial charge in [-0.3, -0.25) is 14.5 Å². The van der Waals surface area contributed by atoms with Gasteiger partial charge in [-0.1, -0.05) is 6.07 Å². The van der Waals surface area contributed by atoms with Crippen LogP contribution in [0, 0.1) is 0 Å². The van der Waals surface area contributed by atoms with Gasteiger partial charge in [0.15, 0.2) is 17.3 Å². The van der Waals surface area contributed by atoms with Crippen LogP contribution in [0.15, 0.2) is 35.9 Å². The third-order valence-corrected chi connectivity index (χ3v) is 5.97. The number of ether oxygens (including phenoxy) is 4. The van der Waals surface area contributed by atoms with Gasteiger partial charge in [-0.05, 0) is 74.8 Å². The minimum Gasteiger partial charge on any atom is -0.495 e. The molecule has 1 heterocycles. The second kappa shape index (κ2) is 12.5. The van der Waals surface area contributed by atoms with E-state index in [0.29, 0.717) is 39.8 Å². The fraction of sp³-hybridized carbons (Fsp3) is 0.385. The number of methoxy groups -OCH3 is 4. The van der Waals surface area contributed by atoms with Crippen LogP contribution in [0.3, 0.4) is 0 Å². The van der Waals surface area contributed by atoms with Gasteiger partial charge in [-0.2, -0.15) is 0 Å². The summed E-state index contributed by atoms with van der Waals surface area (Å²) in [5.41, 5.74) is 2.24. The normalized spacial score (nSPS) is 15.7. The number of nitrogens with zero attached hydrogens (tertiary/aromatic N) is 1. The molecule has 1 atom stereocenters. The Kier molecular flexibility index (Phi) is 9.98. The number of anilines is 1. The van der Waals surface area contributed by atoms with Crippen molar-refractivity contribution in [3.05, 3.63) is 47.0 Å². The van der Waals surface area contributed by atoms with E-state index in [2.05, 4.69) is 5.32 Å². The van der Waals surface area contributed by atoms with E-state index in [1.807, 2.05) is 18.0 Å². The molecule has 35 heavy (non-hydrogen) atoms. The highest BCUT2D eigenvalue weighted by atomic mass is 35.5. The van der Waals surface area contributed by atoms with Crippen molar-refractivity contribution in [2.45, 2.75) is 25.8 Å². The average molecular weight is 505 g/mol. The maximum Gasteiger partial charge on any atom is 0.241 e. The first-order valence-electron chi connectivity index (χ1n) is 11.0. The van der Waals surface area contributed by atoms with E-state index in [-0.39, 0.29) is 30.1 Å². The summed E-state index contributed by atoms with van der Waals surface area (Å²) in [7, 11) is 8.03. The number of likely N-dealkylation sites (N-methyl/N-ethyl adjacent to an activating group) is 1. The van der Waals surface area contributed by atoms with E-state index in [1.54, 1.807) is 44.4 Å². The SMILES string of the molecule is COc1ccc(/C=C(\C)C(=O)c2cc(OC)c(OC)c(OC)c2)cc1NC(=O)C1CCCN1C.Cl. The Balaban J connectivity index is 0.00000432. The number of carbonyl (C=O) groups is 2. The maximum atomic E-state index is 13.2. The van der Waals surface area contributed by atoms with Crippen molar-refractivity contribution < 1.29 is 28.5 Å². The predicted molar refractivity (Wildman–Crippen MR) is 139 cm³/mol. The fourth-order valence-corrected chi connectivity index (χ4v) is 4.13. The van der Waals surface area contributed by atoms with Crippen LogP contribution in [-0.4, -0.2) is 64.7 Å². The van der Waals surface area contributed by atoms with Gasteiger partial charge in [0.1, 0.15) is 5.75 Å². The largest absolute Gasteiger partial charge is 0.495 e. The van der Waals surface area contributed by atoms with Gasteiger partial charge >= 0.3 is 0 Å². The zero-order valence-corrected chi connectivity index (χ0v) is 21.8. The Labute approximate surface area is 212 Å². The third-order valence-electron chi connectivity index (χ3n) is 5.97. The minimum atomic E-state index is -0.187. The van der Waals surface area contributed by atoms with E-state index < -0.39 is 0 Å². The zero-order chi connectivity index (χ0) is 24.8. The van der Waals surface area contributed by atoms with Crippen LogP contribution >= 0.6 is 12.4 Å². The third kappa shape index (κ3) is 6.26. The molecule has 1 aliphatic heterocycles. The second-order valence-electron chi connectivity index (χ2n) is 8.16. The Bertz CT molecular complexity index is 1080. The molecule has 0 aliphatic carbocycles. The van der Waals surface area contributed by atoms with E-state index in [4.69, 9.17) is 18.9 Å². The highest BCUT2D eigenvalue weighted by Gasteiger charge is 2.28. The number of likely N-dealkylation sites (tertiary alicyclic amines) is 1. The molecule has 1 aliphatic rings. The average Bonchev–Trinajstić information content (AvgIpc) is 3.28. The first-order chi connectivity index (χ1) is 16.3. The summed E-state index contributed by atoms with van der Waals surface area (Å²) in [6, 6.07) is 8.50. The lowest BCUT2D eigenvalue weighted by molar-refractivity contribution is -0.119. The van der Waals surface area contributed by atoms with E-state index >= 15 is 0 Å². The van der Waals surface area contributed by atoms with Crippen LogP contribution in [0.5, 0.6) is 23.0 Å². The summed E-state index contributed by atoms with van der Waals surface area (Å²) in [5, 5.41) is 2.98. The number of ketones is 1. The molecule has 0 radical (unpaired) electrons. The van der Waals surface area contributed by atoms with Crippen LogP contribution in [0.1, 0.15) is 35.7 Å². The number of Topliss-reactive ketones (excluding diaryl/α,β-unsaturated/α-hetero) is 1. The summed E-state index contributed by atoms with van der Waals surface area (Å²) < 4.78 is 21.5. The Morgan fingerprint density at radius 1 is 0.971 bits per heavy atom. The number of carbonyl (C=O) groups excluding carboxylic acids is 2. The number of allylic oxidation sites excluding steroid dienone is 1. The van der Waals surface area contributed by atoms with Gasteiger partial charge in [0.25, 0.3) is 0 Å². The van der Waals surface area contributed by atoms with Gasteiger partial charge in [-0.15, -0.1) is 12.4 Å². The molecule has 0 aromatic heterocycles. The van der Waals surface area contributed by atoms with Crippen molar-refractivity contribution in [1.82, 2.24) is 4.90 Å². The molecule has 8 nitrogen and oxygen atoms in total. The van der Waals surface area contributed by atoms with Crippen molar-refractivity contribution >= 4 is 35.9 Å². The van der Waals surface area contributed by atoms with E-state index in [1.165, 1.54) is 21.3 Å². The number of rotatable bonds is 9. The summed E-state index contributed by atoms with van der Waals surface area (Å²) in [4.78, 5) is 28.0. The van der Waals surface area contributed by atoms with Crippen LogP contribution < -0.4 is 24.3 Å². The molecule has 190 valence electrons. The molecule has 1 N–H and O–H groups in total. The van der Waals surface area contributed by atoms with E-state index in [9.17, 15) is 9.59 Å². The number of amides is 1. The summed E-state index contributed by atoms with van der Waals surface area (Å²) in [5.74, 6) is 1.54. The van der Waals surface area contributed by atoms with Crippen molar-refractivity contribution in [2.75, 3.05) is 47.3 Å². The van der Waals surface area contributed by atoms with Gasteiger partial charge in [0, 0.05) is 5.56 Å². The zero-order valence-electron chi connectivity index (χ0n) is 21.0. The number of halogens is 1. The standard InChI is InChI=1S/C26H32N2O6.ClH/c1-16(24(29)18-14-22(32-4)25(34-6)23(15-18)33-5)12-17-9-10-21(31-3)19(13-17)27-26(30)20-8-7-11-28(20)2;/h9-10,12-15,20H,7-8,11H2,1-6H3,(H,27,30);1H/b16-12+;. The summed E-state index contributed by atoms with van der Waals surface area (Å²) in [6.07, 6.45) is 3.59. The first kappa shape index (κ1) is 28.0. The van der Waals surface area contributed by atoms with Crippen LogP contribution in [0.4, 0.5) is 5.69 Å². The Hall–Kier alpha value is -3.23. The lowest BCUT2D eigenvalue weighted by Crippen LogP contribution is -2.37. The van der Waals surface area contributed by atoms with Gasteiger partial charge in [0.05, 0.1) is 40.2 Å². The molecule has 1 amide bonds. The van der Waals surface area contributed by atoms with Crippen molar-refractivity contribution in [3.63, 3.8) is 0 Å². The van der Waals surface area contributed by atoms with Crippen LogP contribution in [-0.2, 0) is 4.79 Å². The lowest BCUT2D eigenvalue weighted by Gasteiger charge is -2.19. The molecule has 0 spiro atoms. The number of hydrogen-bond donors (Lipinski definition) is 1. The monoisotopic (exact) mass is 504 g/mol. The molecule has 9 heteroatoms. The molecule has 1 fully saturated rings. The smallest absolute Gasteiger partial charge is 0.241 e. The molecular formula is C26H33ClN2O6. The van der Waals surface area contributed by atoms with Gasteiger partial charge < -0.3 is 24.3 Å². The predicted octanol–water partition coefficient (Wildman–Crippen LogP) is 4.46. The molecular weight excluding hydrogens is 472 g/mol. The lowest BCUT2D eigenvalue weighted by atomic mass is 10.0. The maximum absolute atomic E-state index is 13.2. The topological polar surface area (TPSA) is 86.3 Å². The number of hydrogen-bond acceptors (Lipinski definition) is 7. The molecule has 1 saturated heterocycles. The Morgan fingerprint density at radius 3 is 2.11 bits per heavy atom. The van der Waals surface area contributed by atoms with Gasteiger partial charge in [0.2, 0.25) is 11.7 Å². The quantitative estimate of drug-likeness (QED) is 0.398. The van der Waals surface area contributed by atoms with Gasteiger partial charge in [-0.25, -0.2) is 0 Å². The second-order valence-corrected chi connectivity index (χ2v) is 8.16. The van der Waals surface area contributed by atoms with E-state index in [0.717, 1.165) is 24.9 Å². The number of benzene rings is 2. The van der Waals surface area contributed by atoms with Crippen LogP contribution in [0.25, 0.3) is 6.08 Å².